The first-order valence-electron chi connectivity index (χ1n) is 6.20. The Kier molecular flexibility index (Phi) is 3.96. The van der Waals surface area contributed by atoms with E-state index in [-0.39, 0.29) is 23.8 Å². The highest BCUT2D eigenvalue weighted by molar-refractivity contribution is 8.40. The Morgan fingerprint density at radius 1 is 1.68 bits per heavy atom. The van der Waals surface area contributed by atoms with E-state index >= 15 is 0 Å². The molecule has 2 heterocycles. The van der Waals surface area contributed by atoms with Crippen LogP contribution in [0.4, 0.5) is 0 Å². The van der Waals surface area contributed by atoms with Crippen molar-refractivity contribution >= 4 is 27.8 Å². The van der Waals surface area contributed by atoms with E-state index in [2.05, 4.69) is 0 Å². The fourth-order valence-electron chi connectivity index (χ4n) is 2.22. The van der Waals surface area contributed by atoms with Crippen molar-refractivity contribution in [2.75, 3.05) is 12.4 Å². The number of hydrogen-bond donors (Lipinski definition) is 1. The smallest absolute Gasteiger partial charge is 0.352 e. The highest BCUT2D eigenvalue weighted by Crippen LogP contribution is 2.60. The first-order valence-corrected chi connectivity index (χ1v) is 8.06. The van der Waals surface area contributed by atoms with Crippen LogP contribution in [-0.4, -0.2) is 45.2 Å². The van der Waals surface area contributed by atoms with Crippen molar-refractivity contribution < 1.29 is 23.7 Å². The molecule has 2 aliphatic heterocycles. The lowest BCUT2D eigenvalue weighted by Crippen LogP contribution is -2.58. The summed E-state index contributed by atoms with van der Waals surface area (Å²) in [5.41, 5.74) is 0.771. The summed E-state index contributed by atoms with van der Waals surface area (Å²) in [4.78, 5) is 35.3. The van der Waals surface area contributed by atoms with Gasteiger partial charge in [0.15, 0.2) is 5.62 Å². The molecule has 0 aromatic rings. The summed E-state index contributed by atoms with van der Waals surface area (Å²) in [6.07, 6.45) is 3.44. The molecule has 2 aliphatic rings. The molecule has 1 saturated heterocycles. The molecule has 1 fully saturated rings. The second-order valence-corrected chi connectivity index (χ2v) is 7.40. The van der Waals surface area contributed by atoms with Gasteiger partial charge in [0.2, 0.25) is 5.91 Å². The Bertz CT molecular complexity index is 449. The number of carboxylic acid groups (broad SMARTS) is 1. The van der Waals surface area contributed by atoms with Gasteiger partial charge in [0.25, 0.3) is 0 Å². The lowest BCUT2D eigenvalue weighted by molar-refractivity contribution is -0.146. The minimum Gasteiger partial charge on any atom is -0.477 e. The second-order valence-electron chi connectivity index (χ2n) is 4.54. The Labute approximate surface area is 112 Å². The largest absolute Gasteiger partial charge is 0.477 e. The molecule has 7 heteroatoms. The molecule has 0 spiro atoms. The molecule has 1 amide bonds. The van der Waals surface area contributed by atoms with Gasteiger partial charge in [-0.25, -0.2) is 4.79 Å². The molecule has 0 aliphatic carbocycles. The Morgan fingerprint density at radius 3 is 2.95 bits per heavy atom. The van der Waals surface area contributed by atoms with E-state index in [1.54, 1.807) is 0 Å². The normalized spacial score (nSPS) is 32.7. The standard InChI is InChI=1S/C12H17NO5S/c1-2-3-5-18-19(8-14)6-4-9(12(16)17)13-10(15)7-11(13)19/h4,8,11H,2-3,5-7H2,1H3,(H,16,17). The Balaban J connectivity index is 2.21. The van der Waals surface area contributed by atoms with Crippen LogP contribution in [0.3, 0.4) is 0 Å². The number of aliphatic carboxylic acids is 1. The first-order chi connectivity index (χ1) is 9.05. The highest BCUT2D eigenvalue weighted by Gasteiger charge is 2.53. The molecular formula is C12H17NO5S. The van der Waals surface area contributed by atoms with Gasteiger partial charge in [-0.15, -0.1) is 0 Å². The summed E-state index contributed by atoms with van der Waals surface area (Å²) < 4.78 is 5.75. The summed E-state index contributed by atoms with van der Waals surface area (Å²) in [6.45, 7) is 2.49. The molecule has 2 atom stereocenters. The van der Waals surface area contributed by atoms with Crippen molar-refractivity contribution in [2.24, 2.45) is 0 Å². The van der Waals surface area contributed by atoms with Crippen molar-refractivity contribution in [3.63, 3.8) is 0 Å². The zero-order valence-corrected chi connectivity index (χ0v) is 11.5. The number of carbonyl (C=O) groups excluding carboxylic acids is 2. The van der Waals surface area contributed by atoms with Crippen LogP contribution in [0.15, 0.2) is 11.8 Å². The van der Waals surface area contributed by atoms with Gasteiger partial charge < -0.3 is 9.29 Å². The Hall–Kier alpha value is -1.34. The van der Waals surface area contributed by atoms with Gasteiger partial charge >= 0.3 is 5.97 Å². The summed E-state index contributed by atoms with van der Waals surface area (Å²) >= 11 is 0. The monoisotopic (exact) mass is 287 g/mol. The van der Waals surface area contributed by atoms with Crippen LogP contribution < -0.4 is 0 Å². The average molecular weight is 287 g/mol. The summed E-state index contributed by atoms with van der Waals surface area (Å²) in [7, 11) is -2.06. The maximum Gasteiger partial charge on any atom is 0.352 e. The fourth-order valence-corrected chi connectivity index (χ4v) is 4.82. The highest BCUT2D eigenvalue weighted by atomic mass is 32.3. The molecule has 0 radical (unpaired) electrons. The number of rotatable bonds is 6. The van der Waals surface area contributed by atoms with Gasteiger partial charge in [0.05, 0.1) is 13.0 Å². The third-order valence-electron chi connectivity index (χ3n) is 3.35. The van der Waals surface area contributed by atoms with Crippen LogP contribution in [-0.2, 0) is 18.6 Å². The zero-order valence-electron chi connectivity index (χ0n) is 10.7. The van der Waals surface area contributed by atoms with Gasteiger partial charge in [0, 0.05) is 5.75 Å². The number of carboxylic acids is 1. The van der Waals surface area contributed by atoms with Crippen LogP contribution in [0.1, 0.15) is 26.2 Å². The van der Waals surface area contributed by atoms with E-state index in [0.717, 1.165) is 18.5 Å². The summed E-state index contributed by atoms with van der Waals surface area (Å²) in [6, 6.07) is 0. The maximum absolute atomic E-state index is 11.6. The average Bonchev–Trinajstić information content (AvgIpc) is 2.38. The number of hydrogen-bond acceptors (Lipinski definition) is 4. The number of unbranched alkanes of at least 4 members (excludes halogenated alkanes) is 1. The van der Waals surface area contributed by atoms with Crippen molar-refractivity contribution in [1.29, 1.82) is 0 Å². The molecule has 6 nitrogen and oxygen atoms in total. The maximum atomic E-state index is 11.6. The number of nitrogens with zero attached hydrogens (tertiary/aromatic N) is 1. The van der Waals surface area contributed by atoms with Gasteiger partial charge in [-0.1, -0.05) is 23.7 Å². The molecule has 0 aromatic carbocycles. The van der Waals surface area contributed by atoms with Crippen molar-refractivity contribution in [1.82, 2.24) is 4.90 Å². The quantitative estimate of drug-likeness (QED) is 0.451. The minimum atomic E-state index is -2.06. The molecule has 1 N–H and O–H groups in total. The third kappa shape index (κ3) is 2.28. The first kappa shape index (κ1) is 14.1. The predicted octanol–water partition coefficient (Wildman–Crippen LogP) is 1.25. The van der Waals surface area contributed by atoms with E-state index in [4.69, 9.17) is 9.29 Å². The third-order valence-corrected chi connectivity index (χ3v) is 6.26. The van der Waals surface area contributed by atoms with Crippen molar-refractivity contribution in [2.45, 2.75) is 31.6 Å². The molecule has 0 bridgehead atoms. The van der Waals surface area contributed by atoms with E-state index < -0.39 is 21.7 Å². The number of β-lactam (4-membered cyclic amide) rings is 1. The number of fused-ring (bicyclic) bond motifs is 1. The molecule has 2 unspecified atom stereocenters. The van der Waals surface area contributed by atoms with Crippen LogP contribution in [0.25, 0.3) is 0 Å². The van der Waals surface area contributed by atoms with E-state index in [1.165, 1.54) is 11.0 Å². The molecule has 0 saturated carbocycles. The van der Waals surface area contributed by atoms with E-state index in [1.807, 2.05) is 6.92 Å². The van der Waals surface area contributed by atoms with Gasteiger partial charge in [0.1, 0.15) is 11.1 Å². The minimum absolute atomic E-state index is 0.0229. The van der Waals surface area contributed by atoms with Crippen LogP contribution in [0.2, 0.25) is 0 Å². The number of amides is 1. The fraction of sp³-hybridized carbons (Fsp3) is 0.583. The number of carbonyl (C=O) groups is 3. The molecule has 106 valence electrons. The van der Waals surface area contributed by atoms with Crippen LogP contribution in [0.5, 0.6) is 0 Å². The SMILES string of the molecule is CCCCOS1(C=O)CC=C(C(=O)O)N2C(=O)CC21. The van der Waals surface area contributed by atoms with Crippen molar-refractivity contribution in [3.8, 4) is 0 Å². The molecule has 0 aromatic heterocycles. The van der Waals surface area contributed by atoms with Gasteiger partial charge in [-0.05, 0) is 12.5 Å². The van der Waals surface area contributed by atoms with Gasteiger partial charge in [-0.3, -0.25) is 14.5 Å². The van der Waals surface area contributed by atoms with Gasteiger partial charge in [-0.2, -0.15) is 0 Å². The summed E-state index contributed by atoms with van der Waals surface area (Å²) in [5.74, 6) is -1.10. The predicted molar refractivity (Wildman–Crippen MR) is 71.0 cm³/mol. The topological polar surface area (TPSA) is 83.9 Å². The molecular weight excluding hydrogens is 270 g/mol. The lowest BCUT2D eigenvalue weighted by atomic mass is 10.1. The van der Waals surface area contributed by atoms with Crippen LogP contribution in [0, 0.1) is 0 Å². The molecule has 2 rings (SSSR count). The van der Waals surface area contributed by atoms with Crippen molar-refractivity contribution in [3.05, 3.63) is 11.8 Å². The molecule has 19 heavy (non-hydrogen) atoms. The lowest BCUT2D eigenvalue weighted by Gasteiger charge is -2.53. The van der Waals surface area contributed by atoms with E-state index in [0.29, 0.717) is 6.61 Å². The Morgan fingerprint density at radius 2 is 2.42 bits per heavy atom. The zero-order chi connectivity index (χ0) is 14.0. The van der Waals surface area contributed by atoms with E-state index in [9.17, 15) is 14.4 Å². The van der Waals surface area contributed by atoms with Crippen LogP contribution >= 0.6 is 10.3 Å². The summed E-state index contributed by atoms with van der Waals surface area (Å²) in [5, 5.41) is 8.66. The second kappa shape index (κ2) is 5.34.